The Balaban J connectivity index is 1.52. The molecule has 0 atom stereocenters. The van der Waals surface area contributed by atoms with Crippen molar-refractivity contribution in [1.82, 2.24) is 9.80 Å². The van der Waals surface area contributed by atoms with Crippen LogP contribution in [-0.4, -0.2) is 61.3 Å². The second-order valence-corrected chi connectivity index (χ2v) is 7.26. The molecule has 2 aromatic carbocycles. The Morgan fingerprint density at radius 2 is 1.62 bits per heavy atom. The van der Waals surface area contributed by atoms with E-state index in [9.17, 15) is 14.4 Å². The average molecular weight is 394 g/mol. The van der Waals surface area contributed by atoms with Crippen molar-refractivity contribution in [3.05, 3.63) is 59.7 Å². The van der Waals surface area contributed by atoms with Crippen LogP contribution >= 0.6 is 0 Å². The van der Waals surface area contributed by atoms with Crippen LogP contribution in [-0.2, 0) is 4.79 Å². The Kier molecular flexibility index (Phi) is 6.49. The number of nitrogens with one attached hydrogen (secondary N) is 2. The summed E-state index contributed by atoms with van der Waals surface area (Å²) in [6, 6.07) is 14.0. The first-order chi connectivity index (χ1) is 13.9. The van der Waals surface area contributed by atoms with E-state index >= 15 is 0 Å². The van der Waals surface area contributed by atoms with E-state index in [4.69, 9.17) is 0 Å². The predicted octanol–water partition coefficient (Wildman–Crippen LogP) is 2.68. The summed E-state index contributed by atoms with van der Waals surface area (Å²) in [5.41, 5.74) is 2.51. The fraction of sp³-hybridized carbons (Fsp3) is 0.318. The van der Waals surface area contributed by atoms with E-state index in [1.165, 1.54) is 4.90 Å². The van der Waals surface area contributed by atoms with Gasteiger partial charge in [0, 0.05) is 49.7 Å². The topological polar surface area (TPSA) is 81.8 Å². The highest BCUT2D eigenvalue weighted by molar-refractivity contribution is 5.97. The average Bonchev–Trinajstić information content (AvgIpc) is 3.27. The van der Waals surface area contributed by atoms with Gasteiger partial charge in [-0.3, -0.25) is 14.4 Å². The van der Waals surface area contributed by atoms with Crippen molar-refractivity contribution < 1.29 is 14.4 Å². The summed E-state index contributed by atoms with van der Waals surface area (Å²) in [4.78, 5) is 40.0. The third-order valence-electron chi connectivity index (χ3n) is 4.78. The van der Waals surface area contributed by atoms with Crippen molar-refractivity contribution in [2.75, 3.05) is 44.4 Å². The molecular formula is C22H26N4O3. The molecule has 0 bridgehead atoms. The zero-order valence-electron chi connectivity index (χ0n) is 16.8. The number of hydrogen-bond acceptors (Lipinski definition) is 4. The van der Waals surface area contributed by atoms with Crippen molar-refractivity contribution in [2.45, 2.75) is 12.8 Å². The zero-order valence-corrected chi connectivity index (χ0v) is 16.8. The van der Waals surface area contributed by atoms with Gasteiger partial charge in [-0.2, -0.15) is 0 Å². The van der Waals surface area contributed by atoms with Crippen molar-refractivity contribution in [2.24, 2.45) is 0 Å². The van der Waals surface area contributed by atoms with Crippen LogP contribution < -0.4 is 10.6 Å². The molecule has 2 aromatic rings. The van der Waals surface area contributed by atoms with Gasteiger partial charge in [-0.1, -0.05) is 6.07 Å². The van der Waals surface area contributed by atoms with Crippen molar-refractivity contribution >= 4 is 29.1 Å². The predicted molar refractivity (Wildman–Crippen MR) is 113 cm³/mol. The molecule has 1 fully saturated rings. The Morgan fingerprint density at radius 1 is 0.931 bits per heavy atom. The van der Waals surface area contributed by atoms with Crippen LogP contribution in [0.1, 0.15) is 33.6 Å². The standard InChI is InChI=1S/C22H26N4O3/c1-25(2)21(28)17-6-5-7-19(14-17)23-15-20(27)24-18-10-8-16(9-11-18)22(29)26-12-3-4-13-26/h5-11,14,23H,3-4,12-13,15H2,1-2H3,(H,24,27). The SMILES string of the molecule is CN(C)C(=O)c1cccc(NCC(=O)Nc2ccc(C(=O)N3CCCC3)cc2)c1. The van der Waals surface area contributed by atoms with Gasteiger partial charge in [0.05, 0.1) is 6.54 Å². The first kappa shape index (κ1) is 20.4. The molecule has 7 heteroatoms. The highest BCUT2D eigenvalue weighted by Gasteiger charge is 2.19. The molecule has 29 heavy (non-hydrogen) atoms. The number of rotatable bonds is 6. The van der Waals surface area contributed by atoms with Gasteiger partial charge in [0.15, 0.2) is 0 Å². The Bertz CT molecular complexity index is 887. The maximum atomic E-state index is 12.4. The van der Waals surface area contributed by atoms with Crippen LogP contribution in [0.25, 0.3) is 0 Å². The number of hydrogen-bond donors (Lipinski definition) is 2. The lowest BCUT2D eigenvalue weighted by molar-refractivity contribution is -0.114. The van der Waals surface area contributed by atoms with Gasteiger partial charge in [-0.05, 0) is 55.3 Å². The molecule has 3 rings (SSSR count). The Hall–Kier alpha value is -3.35. The van der Waals surface area contributed by atoms with Gasteiger partial charge in [0.1, 0.15) is 0 Å². The number of amides is 3. The van der Waals surface area contributed by atoms with Gasteiger partial charge in [-0.15, -0.1) is 0 Å². The third-order valence-corrected chi connectivity index (χ3v) is 4.78. The zero-order chi connectivity index (χ0) is 20.8. The smallest absolute Gasteiger partial charge is 0.253 e. The highest BCUT2D eigenvalue weighted by Crippen LogP contribution is 2.16. The molecule has 0 radical (unpaired) electrons. The maximum absolute atomic E-state index is 12.4. The molecule has 1 aliphatic heterocycles. The number of likely N-dealkylation sites (tertiary alicyclic amines) is 1. The quantitative estimate of drug-likeness (QED) is 0.789. The highest BCUT2D eigenvalue weighted by atomic mass is 16.2. The molecule has 1 heterocycles. The second kappa shape index (κ2) is 9.23. The number of anilines is 2. The molecule has 0 aliphatic carbocycles. The Morgan fingerprint density at radius 3 is 2.28 bits per heavy atom. The number of carbonyl (C=O) groups excluding carboxylic acids is 3. The van der Waals surface area contributed by atoms with E-state index in [1.54, 1.807) is 62.6 Å². The van der Waals surface area contributed by atoms with Gasteiger partial charge in [0.2, 0.25) is 5.91 Å². The first-order valence-corrected chi connectivity index (χ1v) is 9.69. The molecule has 0 unspecified atom stereocenters. The van der Waals surface area contributed by atoms with E-state index in [2.05, 4.69) is 10.6 Å². The number of benzene rings is 2. The van der Waals surface area contributed by atoms with Gasteiger partial charge >= 0.3 is 0 Å². The van der Waals surface area contributed by atoms with E-state index < -0.39 is 0 Å². The van der Waals surface area contributed by atoms with Crippen LogP contribution in [0.4, 0.5) is 11.4 Å². The van der Waals surface area contributed by atoms with Crippen LogP contribution in [0.15, 0.2) is 48.5 Å². The molecule has 0 saturated carbocycles. The van der Waals surface area contributed by atoms with Crippen LogP contribution in [0.3, 0.4) is 0 Å². The van der Waals surface area contributed by atoms with Crippen molar-refractivity contribution in [3.8, 4) is 0 Å². The number of carbonyl (C=O) groups is 3. The summed E-state index contributed by atoms with van der Waals surface area (Å²) in [7, 11) is 3.39. The largest absolute Gasteiger partial charge is 0.376 e. The lowest BCUT2D eigenvalue weighted by Gasteiger charge is -2.15. The summed E-state index contributed by atoms with van der Waals surface area (Å²) >= 11 is 0. The molecule has 7 nitrogen and oxygen atoms in total. The van der Waals surface area contributed by atoms with Gasteiger partial charge in [-0.25, -0.2) is 0 Å². The summed E-state index contributed by atoms with van der Waals surface area (Å²) in [6.45, 7) is 1.68. The van der Waals surface area contributed by atoms with E-state index in [1.807, 2.05) is 4.90 Å². The van der Waals surface area contributed by atoms with Crippen LogP contribution in [0.2, 0.25) is 0 Å². The number of nitrogens with zero attached hydrogens (tertiary/aromatic N) is 2. The molecule has 1 saturated heterocycles. The van der Waals surface area contributed by atoms with E-state index in [0.717, 1.165) is 25.9 Å². The molecule has 152 valence electrons. The third kappa shape index (κ3) is 5.34. The monoisotopic (exact) mass is 394 g/mol. The van der Waals surface area contributed by atoms with Crippen LogP contribution in [0.5, 0.6) is 0 Å². The summed E-state index contributed by atoms with van der Waals surface area (Å²) in [5, 5.41) is 5.82. The molecular weight excluding hydrogens is 368 g/mol. The molecule has 1 aliphatic rings. The van der Waals surface area contributed by atoms with E-state index in [-0.39, 0.29) is 24.3 Å². The van der Waals surface area contributed by atoms with Crippen molar-refractivity contribution in [3.63, 3.8) is 0 Å². The maximum Gasteiger partial charge on any atom is 0.253 e. The lowest BCUT2D eigenvalue weighted by Crippen LogP contribution is -2.27. The van der Waals surface area contributed by atoms with E-state index in [0.29, 0.717) is 22.5 Å². The minimum absolute atomic E-state index is 0.0363. The minimum Gasteiger partial charge on any atom is -0.376 e. The second-order valence-electron chi connectivity index (χ2n) is 7.26. The van der Waals surface area contributed by atoms with Gasteiger partial charge in [0.25, 0.3) is 11.8 Å². The lowest BCUT2D eigenvalue weighted by atomic mass is 10.1. The Labute approximate surface area is 170 Å². The molecule has 3 amide bonds. The normalized spacial score (nSPS) is 13.1. The van der Waals surface area contributed by atoms with Crippen molar-refractivity contribution in [1.29, 1.82) is 0 Å². The molecule has 0 spiro atoms. The molecule has 0 aromatic heterocycles. The summed E-state index contributed by atoms with van der Waals surface area (Å²) in [6.07, 6.45) is 2.11. The summed E-state index contributed by atoms with van der Waals surface area (Å²) in [5.74, 6) is -0.274. The fourth-order valence-electron chi connectivity index (χ4n) is 3.21. The summed E-state index contributed by atoms with van der Waals surface area (Å²) < 4.78 is 0. The molecule has 2 N–H and O–H groups in total. The first-order valence-electron chi connectivity index (χ1n) is 9.69. The fourth-order valence-corrected chi connectivity index (χ4v) is 3.21. The van der Waals surface area contributed by atoms with Gasteiger partial charge < -0.3 is 20.4 Å². The minimum atomic E-state index is -0.215. The van der Waals surface area contributed by atoms with Crippen LogP contribution in [0, 0.1) is 0 Å².